The second-order valence-corrected chi connectivity index (χ2v) is 6.82. The highest BCUT2D eigenvalue weighted by Gasteiger charge is 2.17. The molecule has 0 aliphatic heterocycles. The van der Waals surface area contributed by atoms with E-state index in [1.54, 1.807) is 18.2 Å². The number of hydrazone groups is 1. The summed E-state index contributed by atoms with van der Waals surface area (Å²) in [7, 11) is 0. The van der Waals surface area contributed by atoms with E-state index in [1.165, 1.54) is 31.3 Å². The van der Waals surface area contributed by atoms with Crippen LogP contribution in [0.4, 0.5) is 5.69 Å². The van der Waals surface area contributed by atoms with Crippen LogP contribution in [-0.4, -0.2) is 23.7 Å². The lowest BCUT2D eigenvalue weighted by Gasteiger charge is -2.12. The highest BCUT2D eigenvalue weighted by atomic mass is 16.6. The van der Waals surface area contributed by atoms with Crippen LogP contribution in [0.25, 0.3) is 0 Å². The second kappa shape index (κ2) is 10.7. The molecule has 3 aromatic rings. The number of ether oxygens (including phenoxy) is 2. The van der Waals surface area contributed by atoms with Crippen molar-refractivity contribution >= 4 is 17.8 Å². The second-order valence-electron chi connectivity index (χ2n) is 6.82. The Kier molecular flexibility index (Phi) is 7.53. The number of amides is 1. The van der Waals surface area contributed by atoms with E-state index in [2.05, 4.69) is 10.5 Å². The third-order valence-electron chi connectivity index (χ3n) is 4.63. The molecule has 0 aliphatic carbocycles. The van der Waals surface area contributed by atoms with Crippen LogP contribution >= 0.6 is 0 Å². The van der Waals surface area contributed by atoms with Crippen LogP contribution in [0.3, 0.4) is 0 Å². The summed E-state index contributed by atoms with van der Waals surface area (Å²) in [6, 6.07) is 19.5. The molecule has 0 spiro atoms. The molecule has 0 unspecified atom stereocenters. The number of carbonyl (C=O) groups excluding carboxylic acids is 1. The lowest BCUT2D eigenvalue weighted by Crippen LogP contribution is -2.19. The van der Waals surface area contributed by atoms with Crippen LogP contribution in [0.2, 0.25) is 0 Å². The molecular formula is C24H23N3O5. The summed E-state index contributed by atoms with van der Waals surface area (Å²) in [6.07, 6.45) is 1.47. The monoisotopic (exact) mass is 433 g/mol. The molecule has 0 saturated heterocycles. The minimum absolute atomic E-state index is 0.117. The van der Waals surface area contributed by atoms with Crippen LogP contribution in [0, 0.1) is 17.0 Å². The number of carbonyl (C=O) groups is 1. The zero-order valence-electron chi connectivity index (χ0n) is 17.8. The molecule has 8 heteroatoms. The van der Waals surface area contributed by atoms with Gasteiger partial charge in [0.25, 0.3) is 11.6 Å². The van der Waals surface area contributed by atoms with Gasteiger partial charge in [-0.05, 0) is 49.2 Å². The highest BCUT2D eigenvalue weighted by molar-refractivity contribution is 5.97. The zero-order valence-corrected chi connectivity index (χ0v) is 17.8. The number of nitrogens with one attached hydrogen (secondary N) is 1. The van der Waals surface area contributed by atoms with Gasteiger partial charge in [-0.15, -0.1) is 0 Å². The molecule has 0 radical (unpaired) electrons. The van der Waals surface area contributed by atoms with E-state index in [0.717, 1.165) is 5.56 Å². The van der Waals surface area contributed by atoms with E-state index in [0.29, 0.717) is 30.3 Å². The molecule has 0 aliphatic rings. The largest absolute Gasteiger partial charge is 0.490 e. The number of hydrogen-bond acceptors (Lipinski definition) is 6. The number of nitro benzene ring substituents is 1. The number of nitro groups is 1. The molecule has 0 bridgehead atoms. The third kappa shape index (κ3) is 5.69. The van der Waals surface area contributed by atoms with Gasteiger partial charge in [0.05, 0.1) is 23.3 Å². The number of benzene rings is 3. The molecule has 3 aromatic carbocycles. The van der Waals surface area contributed by atoms with Gasteiger partial charge in [0.1, 0.15) is 6.61 Å². The van der Waals surface area contributed by atoms with Crippen molar-refractivity contribution in [2.24, 2.45) is 5.10 Å². The van der Waals surface area contributed by atoms with E-state index in [-0.39, 0.29) is 16.8 Å². The predicted molar refractivity (Wildman–Crippen MR) is 121 cm³/mol. The van der Waals surface area contributed by atoms with Crippen LogP contribution in [0.5, 0.6) is 11.5 Å². The minimum Gasteiger partial charge on any atom is -0.490 e. The fourth-order valence-electron chi connectivity index (χ4n) is 3.02. The Balaban J connectivity index is 1.69. The van der Waals surface area contributed by atoms with Gasteiger partial charge in [-0.25, -0.2) is 5.43 Å². The molecule has 0 fully saturated rings. The molecule has 32 heavy (non-hydrogen) atoms. The Labute approximate surface area is 185 Å². The van der Waals surface area contributed by atoms with Crippen molar-refractivity contribution in [2.45, 2.75) is 20.5 Å². The number of nitrogens with zero attached hydrogens (tertiary/aromatic N) is 2. The SMILES string of the molecule is CCOc1cc(/C=N\NC(=O)c2cccc([N+](=O)[O-])c2C)ccc1OCc1ccccc1. The number of hydrogen-bond donors (Lipinski definition) is 1. The molecule has 164 valence electrons. The highest BCUT2D eigenvalue weighted by Crippen LogP contribution is 2.29. The summed E-state index contributed by atoms with van der Waals surface area (Å²) >= 11 is 0. The van der Waals surface area contributed by atoms with E-state index < -0.39 is 10.8 Å². The molecule has 1 N–H and O–H groups in total. The van der Waals surface area contributed by atoms with E-state index in [1.807, 2.05) is 37.3 Å². The van der Waals surface area contributed by atoms with Gasteiger partial charge in [0.15, 0.2) is 11.5 Å². The van der Waals surface area contributed by atoms with Crippen molar-refractivity contribution in [1.82, 2.24) is 5.43 Å². The van der Waals surface area contributed by atoms with Crippen molar-refractivity contribution in [3.63, 3.8) is 0 Å². The smallest absolute Gasteiger partial charge is 0.273 e. The first-order valence-electron chi connectivity index (χ1n) is 10.0. The van der Waals surface area contributed by atoms with Crippen LogP contribution in [-0.2, 0) is 6.61 Å². The first kappa shape index (κ1) is 22.5. The van der Waals surface area contributed by atoms with Gasteiger partial charge in [-0.1, -0.05) is 36.4 Å². The van der Waals surface area contributed by atoms with Crippen molar-refractivity contribution in [1.29, 1.82) is 0 Å². The molecule has 0 atom stereocenters. The molecule has 8 nitrogen and oxygen atoms in total. The van der Waals surface area contributed by atoms with Crippen molar-refractivity contribution in [3.05, 3.63) is 99.1 Å². The summed E-state index contributed by atoms with van der Waals surface area (Å²) in [4.78, 5) is 22.9. The van der Waals surface area contributed by atoms with Gasteiger partial charge in [0, 0.05) is 11.6 Å². The zero-order chi connectivity index (χ0) is 22.9. The van der Waals surface area contributed by atoms with Crippen LogP contribution < -0.4 is 14.9 Å². The summed E-state index contributed by atoms with van der Waals surface area (Å²) in [5, 5.41) is 15.0. The standard InChI is InChI=1S/C24H23N3O5/c1-3-31-23-14-19(12-13-22(23)32-16-18-8-5-4-6-9-18)15-25-26-24(28)20-10-7-11-21(17(20)2)27(29)30/h4-15H,3,16H2,1-2H3,(H,26,28)/b25-15-. The Bertz CT molecular complexity index is 1130. The lowest BCUT2D eigenvalue weighted by molar-refractivity contribution is -0.385. The fourth-order valence-corrected chi connectivity index (χ4v) is 3.02. The van der Waals surface area contributed by atoms with Crippen molar-refractivity contribution < 1.29 is 19.2 Å². The minimum atomic E-state index is -0.532. The molecular weight excluding hydrogens is 410 g/mol. The van der Waals surface area contributed by atoms with Crippen molar-refractivity contribution in [3.8, 4) is 11.5 Å². The summed E-state index contributed by atoms with van der Waals surface area (Å²) in [5.41, 5.74) is 4.49. The third-order valence-corrected chi connectivity index (χ3v) is 4.63. The van der Waals surface area contributed by atoms with Gasteiger partial charge < -0.3 is 9.47 Å². The maximum Gasteiger partial charge on any atom is 0.273 e. The van der Waals surface area contributed by atoms with Gasteiger partial charge >= 0.3 is 0 Å². The molecule has 0 heterocycles. The summed E-state index contributed by atoms with van der Waals surface area (Å²) in [6.45, 7) is 4.28. The topological polar surface area (TPSA) is 103 Å². The molecule has 0 aromatic heterocycles. The van der Waals surface area contributed by atoms with E-state index >= 15 is 0 Å². The Morgan fingerprint density at radius 2 is 1.84 bits per heavy atom. The Morgan fingerprint density at radius 1 is 1.06 bits per heavy atom. The fraction of sp³-hybridized carbons (Fsp3) is 0.167. The van der Waals surface area contributed by atoms with E-state index in [9.17, 15) is 14.9 Å². The quantitative estimate of drug-likeness (QED) is 0.301. The van der Waals surface area contributed by atoms with Crippen LogP contribution in [0.15, 0.2) is 71.8 Å². The maximum atomic E-state index is 12.4. The molecule has 1 amide bonds. The van der Waals surface area contributed by atoms with Crippen LogP contribution in [0.1, 0.15) is 34.0 Å². The lowest BCUT2D eigenvalue weighted by atomic mass is 10.1. The first-order valence-corrected chi connectivity index (χ1v) is 10.0. The van der Waals surface area contributed by atoms with Gasteiger partial charge in [-0.2, -0.15) is 5.10 Å². The Morgan fingerprint density at radius 3 is 2.56 bits per heavy atom. The summed E-state index contributed by atoms with van der Waals surface area (Å²) in [5.74, 6) is 0.632. The molecule has 0 saturated carbocycles. The first-order chi connectivity index (χ1) is 15.5. The number of rotatable bonds is 9. The van der Waals surface area contributed by atoms with E-state index in [4.69, 9.17) is 9.47 Å². The molecule has 3 rings (SSSR count). The average molecular weight is 433 g/mol. The normalized spacial score (nSPS) is 10.7. The van der Waals surface area contributed by atoms with Crippen molar-refractivity contribution in [2.75, 3.05) is 6.61 Å². The Hall–Kier alpha value is -4.20. The van der Waals surface area contributed by atoms with Gasteiger partial charge in [-0.3, -0.25) is 14.9 Å². The van der Waals surface area contributed by atoms with Gasteiger partial charge in [0.2, 0.25) is 0 Å². The predicted octanol–water partition coefficient (Wildman–Crippen LogP) is 4.64. The maximum absolute atomic E-state index is 12.4. The average Bonchev–Trinajstić information content (AvgIpc) is 2.79. The summed E-state index contributed by atoms with van der Waals surface area (Å²) < 4.78 is 11.6.